The lowest BCUT2D eigenvalue weighted by Crippen LogP contribution is -2.33. The number of rotatable bonds is 5. The maximum absolute atomic E-state index is 13.2. The molecule has 0 radical (unpaired) electrons. The van der Waals surface area contributed by atoms with Crippen molar-refractivity contribution in [2.45, 2.75) is 33.9 Å². The molecule has 2 nitrogen and oxygen atoms in total. The van der Waals surface area contributed by atoms with E-state index in [1.807, 2.05) is 27.7 Å². The number of hydrogen-bond donors (Lipinski definition) is 1. The van der Waals surface area contributed by atoms with Gasteiger partial charge in [0.15, 0.2) is 0 Å². The van der Waals surface area contributed by atoms with E-state index in [9.17, 15) is 13.2 Å². The monoisotopic (exact) mass is 288 g/mol. The van der Waals surface area contributed by atoms with E-state index in [2.05, 4.69) is 0 Å². The lowest BCUT2D eigenvalue weighted by Gasteiger charge is -2.31. The lowest BCUT2D eigenvalue weighted by molar-refractivity contribution is -0.137. The van der Waals surface area contributed by atoms with Gasteiger partial charge in [-0.3, -0.25) is 0 Å². The summed E-state index contributed by atoms with van der Waals surface area (Å²) in [5.41, 5.74) is 5.21. The molecule has 0 fully saturated rings. The van der Waals surface area contributed by atoms with E-state index in [1.54, 1.807) is 4.90 Å². The first-order chi connectivity index (χ1) is 9.11. The predicted molar refractivity (Wildman–Crippen MR) is 77.7 cm³/mol. The van der Waals surface area contributed by atoms with Crippen LogP contribution in [0, 0.1) is 11.8 Å². The first-order valence-electron chi connectivity index (χ1n) is 6.83. The number of alkyl halides is 3. The minimum absolute atomic E-state index is 0.134. The maximum Gasteiger partial charge on any atom is 0.418 e. The normalized spacial score (nSPS) is 12.2. The third-order valence-corrected chi connectivity index (χ3v) is 2.84. The molecule has 2 N–H and O–H groups in total. The molecule has 20 heavy (non-hydrogen) atoms. The van der Waals surface area contributed by atoms with E-state index in [0.717, 1.165) is 6.07 Å². The summed E-state index contributed by atoms with van der Waals surface area (Å²) in [6, 6.07) is 4.02. The average Bonchev–Trinajstić information content (AvgIpc) is 2.25. The van der Waals surface area contributed by atoms with E-state index in [0.29, 0.717) is 13.1 Å². The molecule has 0 atom stereocenters. The third-order valence-electron chi connectivity index (χ3n) is 2.84. The lowest BCUT2D eigenvalue weighted by atomic mass is 10.1. The van der Waals surface area contributed by atoms with E-state index in [-0.39, 0.29) is 23.2 Å². The molecule has 0 spiro atoms. The van der Waals surface area contributed by atoms with E-state index in [4.69, 9.17) is 5.73 Å². The van der Waals surface area contributed by atoms with Crippen molar-refractivity contribution in [3.8, 4) is 0 Å². The molecule has 114 valence electrons. The molecule has 0 bridgehead atoms. The molecular formula is C15H23F3N2. The zero-order chi connectivity index (χ0) is 15.5. The number of hydrogen-bond acceptors (Lipinski definition) is 2. The van der Waals surface area contributed by atoms with Gasteiger partial charge in [-0.1, -0.05) is 27.7 Å². The van der Waals surface area contributed by atoms with Crippen molar-refractivity contribution in [3.05, 3.63) is 23.8 Å². The molecule has 0 aliphatic heterocycles. The van der Waals surface area contributed by atoms with Crippen molar-refractivity contribution >= 4 is 11.4 Å². The second kappa shape index (κ2) is 6.37. The molecule has 1 rings (SSSR count). The topological polar surface area (TPSA) is 29.3 Å². The molecular weight excluding hydrogens is 265 g/mol. The summed E-state index contributed by atoms with van der Waals surface area (Å²) in [6.07, 6.45) is -4.39. The van der Waals surface area contributed by atoms with Crippen LogP contribution in [0.3, 0.4) is 0 Å². The largest absolute Gasteiger partial charge is 0.418 e. The van der Waals surface area contributed by atoms with Crippen LogP contribution in [0.4, 0.5) is 24.5 Å². The van der Waals surface area contributed by atoms with E-state index in [1.165, 1.54) is 12.1 Å². The van der Waals surface area contributed by atoms with Gasteiger partial charge in [-0.15, -0.1) is 0 Å². The van der Waals surface area contributed by atoms with Gasteiger partial charge in [-0.05, 0) is 30.0 Å². The number of halogens is 3. The van der Waals surface area contributed by atoms with Crippen molar-refractivity contribution in [1.82, 2.24) is 0 Å². The van der Waals surface area contributed by atoms with Gasteiger partial charge < -0.3 is 10.6 Å². The van der Waals surface area contributed by atoms with Gasteiger partial charge >= 0.3 is 6.18 Å². The summed E-state index contributed by atoms with van der Waals surface area (Å²) < 4.78 is 39.5. The summed E-state index contributed by atoms with van der Waals surface area (Å²) in [5.74, 6) is 0.569. The van der Waals surface area contributed by atoms with Crippen LogP contribution in [0.1, 0.15) is 33.3 Å². The Hall–Kier alpha value is -1.39. The second-order valence-electron chi connectivity index (χ2n) is 5.97. The highest BCUT2D eigenvalue weighted by Crippen LogP contribution is 2.38. The fourth-order valence-electron chi connectivity index (χ4n) is 2.21. The summed E-state index contributed by atoms with van der Waals surface area (Å²) in [6.45, 7) is 9.17. The van der Waals surface area contributed by atoms with Crippen molar-refractivity contribution in [1.29, 1.82) is 0 Å². The molecule has 0 heterocycles. The second-order valence-corrected chi connectivity index (χ2v) is 5.97. The SMILES string of the molecule is CC(C)CN(CC(C)C)c1ccc(N)cc1C(F)(F)F. The van der Waals surface area contributed by atoms with Crippen LogP contribution in [0.5, 0.6) is 0 Å². The Bertz CT molecular complexity index is 429. The van der Waals surface area contributed by atoms with Gasteiger partial charge in [0, 0.05) is 24.5 Å². The zero-order valence-electron chi connectivity index (χ0n) is 12.5. The third kappa shape index (κ3) is 4.62. The minimum atomic E-state index is -4.39. The van der Waals surface area contributed by atoms with Gasteiger partial charge in [0.2, 0.25) is 0 Å². The number of nitrogen functional groups attached to an aromatic ring is 1. The van der Waals surface area contributed by atoms with Crippen molar-refractivity contribution in [3.63, 3.8) is 0 Å². The smallest absolute Gasteiger partial charge is 0.399 e. The minimum Gasteiger partial charge on any atom is -0.399 e. The van der Waals surface area contributed by atoms with Gasteiger partial charge in [-0.2, -0.15) is 13.2 Å². The first kappa shape index (κ1) is 16.7. The van der Waals surface area contributed by atoms with Gasteiger partial charge in [0.25, 0.3) is 0 Å². The summed E-state index contributed by atoms with van der Waals surface area (Å²) in [4.78, 5) is 1.80. The van der Waals surface area contributed by atoms with Crippen molar-refractivity contribution < 1.29 is 13.2 Å². The number of nitrogens with zero attached hydrogens (tertiary/aromatic N) is 1. The van der Waals surface area contributed by atoms with Gasteiger partial charge in [-0.25, -0.2) is 0 Å². The highest BCUT2D eigenvalue weighted by Gasteiger charge is 2.35. The van der Waals surface area contributed by atoms with Crippen LogP contribution >= 0.6 is 0 Å². The predicted octanol–water partition coefficient (Wildman–Crippen LogP) is 4.41. The molecule has 1 aromatic carbocycles. The molecule has 0 saturated carbocycles. The quantitative estimate of drug-likeness (QED) is 0.813. The van der Waals surface area contributed by atoms with Crippen LogP contribution in [-0.4, -0.2) is 13.1 Å². The molecule has 1 aromatic rings. The molecule has 0 unspecified atom stereocenters. The van der Waals surface area contributed by atoms with Crippen molar-refractivity contribution in [2.75, 3.05) is 23.7 Å². The number of anilines is 2. The van der Waals surface area contributed by atoms with Crippen LogP contribution in [0.2, 0.25) is 0 Å². The number of nitrogens with two attached hydrogens (primary N) is 1. The standard InChI is InChI=1S/C15H23F3N2/c1-10(2)8-20(9-11(3)4)14-6-5-12(19)7-13(14)15(16,17)18/h5-7,10-11H,8-9,19H2,1-4H3. The van der Waals surface area contributed by atoms with E-state index < -0.39 is 11.7 Å². The Morgan fingerprint density at radius 2 is 1.55 bits per heavy atom. The fraction of sp³-hybridized carbons (Fsp3) is 0.600. The van der Waals surface area contributed by atoms with Crippen LogP contribution in [0.15, 0.2) is 18.2 Å². The summed E-state index contributed by atoms with van der Waals surface area (Å²) in [5, 5.41) is 0. The molecule has 5 heteroatoms. The van der Waals surface area contributed by atoms with Gasteiger partial charge in [0.1, 0.15) is 0 Å². The van der Waals surface area contributed by atoms with Gasteiger partial charge in [0.05, 0.1) is 5.56 Å². The fourth-order valence-corrected chi connectivity index (χ4v) is 2.21. The molecule has 0 aromatic heterocycles. The first-order valence-corrected chi connectivity index (χ1v) is 6.83. The zero-order valence-corrected chi connectivity index (χ0v) is 12.5. The molecule has 0 aliphatic carbocycles. The Labute approximate surface area is 118 Å². The average molecular weight is 288 g/mol. The Morgan fingerprint density at radius 3 is 1.95 bits per heavy atom. The Kier molecular flexibility index (Phi) is 5.31. The Morgan fingerprint density at radius 1 is 1.05 bits per heavy atom. The van der Waals surface area contributed by atoms with E-state index >= 15 is 0 Å². The van der Waals surface area contributed by atoms with Crippen LogP contribution in [0.25, 0.3) is 0 Å². The molecule has 0 amide bonds. The van der Waals surface area contributed by atoms with Crippen LogP contribution < -0.4 is 10.6 Å². The number of benzene rings is 1. The molecule has 0 saturated heterocycles. The summed E-state index contributed by atoms with van der Waals surface area (Å²) in [7, 11) is 0. The highest BCUT2D eigenvalue weighted by molar-refractivity contribution is 5.61. The van der Waals surface area contributed by atoms with Crippen LogP contribution in [-0.2, 0) is 6.18 Å². The summed E-state index contributed by atoms with van der Waals surface area (Å²) >= 11 is 0. The van der Waals surface area contributed by atoms with Crippen molar-refractivity contribution in [2.24, 2.45) is 11.8 Å². The molecule has 0 aliphatic rings. The maximum atomic E-state index is 13.2. The highest BCUT2D eigenvalue weighted by atomic mass is 19.4. The Balaban J connectivity index is 3.24.